The van der Waals surface area contributed by atoms with Crippen molar-refractivity contribution in [3.63, 3.8) is 0 Å². The highest BCUT2D eigenvalue weighted by Crippen LogP contribution is 2.22. The summed E-state index contributed by atoms with van der Waals surface area (Å²) in [7, 11) is 0. The summed E-state index contributed by atoms with van der Waals surface area (Å²) in [6.07, 6.45) is -4.73. The van der Waals surface area contributed by atoms with Gasteiger partial charge in [0.05, 0.1) is 0 Å². The molecule has 7 heteroatoms. The van der Waals surface area contributed by atoms with Crippen molar-refractivity contribution in [3.05, 3.63) is 29.8 Å². The fraction of sp³-hybridized carbons (Fsp3) is 0.364. The lowest BCUT2D eigenvalue weighted by molar-refractivity contribution is -0.274. The van der Waals surface area contributed by atoms with Crippen molar-refractivity contribution in [2.75, 3.05) is 5.33 Å². The first-order valence-corrected chi connectivity index (χ1v) is 6.16. The molecule has 1 unspecified atom stereocenters. The topological polar surface area (TPSA) is 38.3 Å². The van der Waals surface area contributed by atoms with Crippen LogP contribution in [0.15, 0.2) is 24.3 Å². The minimum Gasteiger partial charge on any atom is -0.406 e. The maximum absolute atomic E-state index is 11.9. The van der Waals surface area contributed by atoms with E-state index in [2.05, 4.69) is 26.0 Å². The number of benzene rings is 1. The lowest BCUT2D eigenvalue weighted by Gasteiger charge is -2.11. The summed E-state index contributed by atoms with van der Waals surface area (Å²) in [5.74, 6) is -0.701. The van der Waals surface area contributed by atoms with E-state index in [1.165, 1.54) is 12.1 Å². The lowest BCUT2D eigenvalue weighted by Crippen LogP contribution is -2.33. The van der Waals surface area contributed by atoms with Crippen LogP contribution >= 0.6 is 15.9 Å². The molecule has 1 rings (SSSR count). The predicted molar refractivity (Wildman–Crippen MR) is 63.8 cm³/mol. The van der Waals surface area contributed by atoms with Gasteiger partial charge in [-0.05, 0) is 31.2 Å². The highest BCUT2D eigenvalue weighted by molar-refractivity contribution is 9.09. The number of hydrogen-bond donors (Lipinski definition) is 1. The molecule has 18 heavy (non-hydrogen) atoms. The van der Waals surface area contributed by atoms with Gasteiger partial charge in [-0.15, -0.1) is 13.2 Å². The standard InChI is InChI=1S/C11H11BrF3NO2/c1-7(6-12)16-10(17)8-2-4-9(5-3-8)18-11(13,14)15/h2-5,7H,6H2,1H3,(H,16,17). The molecule has 100 valence electrons. The average molecular weight is 326 g/mol. The Kier molecular flexibility index (Phi) is 5.01. The molecule has 0 fully saturated rings. The van der Waals surface area contributed by atoms with Gasteiger partial charge in [0.15, 0.2) is 0 Å². The van der Waals surface area contributed by atoms with Gasteiger partial charge in [-0.2, -0.15) is 0 Å². The smallest absolute Gasteiger partial charge is 0.406 e. The number of halogens is 4. The molecule has 0 aromatic heterocycles. The van der Waals surface area contributed by atoms with Gasteiger partial charge in [0.25, 0.3) is 5.91 Å². The molecule has 0 bridgehead atoms. The first-order chi connectivity index (χ1) is 8.31. The lowest BCUT2D eigenvalue weighted by atomic mass is 10.2. The van der Waals surface area contributed by atoms with Crippen LogP contribution in [0.5, 0.6) is 5.75 Å². The predicted octanol–water partition coefficient (Wildman–Crippen LogP) is 3.10. The van der Waals surface area contributed by atoms with Crippen molar-refractivity contribution in [2.45, 2.75) is 19.3 Å². The van der Waals surface area contributed by atoms with Crippen LogP contribution < -0.4 is 10.1 Å². The van der Waals surface area contributed by atoms with Crippen LogP contribution in [-0.4, -0.2) is 23.6 Å². The Morgan fingerprint density at radius 3 is 2.39 bits per heavy atom. The van der Waals surface area contributed by atoms with Crippen LogP contribution in [0.25, 0.3) is 0 Å². The Morgan fingerprint density at radius 2 is 1.94 bits per heavy atom. The van der Waals surface area contributed by atoms with Crippen molar-refractivity contribution in [3.8, 4) is 5.75 Å². The van der Waals surface area contributed by atoms with E-state index in [-0.39, 0.29) is 23.3 Å². The molecule has 1 atom stereocenters. The van der Waals surface area contributed by atoms with E-state index >= 15 is 0 Å². The van der Waals surface area contributed by atoms with E-state index in [1.807, 2.05) is 0 Å². The van der Waals surface area contributed by atoms with Crippen LogP contribution in [0.4, 0.5) is 13.2 Å². The molecule has 0 aliphatic rings. The normalized spacial score (nSPS) is 12.9. The van der Waals surface area contributed by atoms with Crippen molar-refractivity contribution in [2.24, 2.45) is 0 Å². The summed E-state index contributed by atoms with van der Waals surface area (Å²) in [5, 5.41) is 3.26. The molecule has 1 aromatic rings. The van der Waals surface area contributed by atoms with Gasteiger partial charge < -0.3 is 10.1 Å². The van der Waals surface area contributed by atoms with Crippen LogP contribution in [-0.2, 0) is 0 Å². The third-order valence-corrected chi connectivity index (χ3v) is 2.93. The molecular weight excluding hydrogens is 315 g/mol. The number of rotatable bonds is 4. The number of alkyl halides is 4. The maximum atomic E-state index is 11.9. The molecule has 0 heterocycles. The number of carbonyl (C=O) groups is 1. The van der Waals surface area contributed by atoms with Gasteiger partial charge in [0.1, 0.15) is 5.75 Å². The molecule has 1 N–H and O–H groups in total. The largest absolute Gasteiger partial charge is 0.573 e. The summed E-state index contributed by atoms with van der Waals surface area (Å²) in [6, 6.07) is 4.68. The number of nitrogens with one attached hydrogen (secondary N) is 1. The SMILES string of the molecule is CC(CBr)NC(=O)c1ccc(OC(F)(F)F)cc1. The van der Waals surface area contributed by atoms with Crippen LogP contribution in [0, 0.1) is 0 Å². The van der Waals surface area contributed by atoms with Crippen molar-refractivity contribution >= 4 is 21.8 Å². The van der Waals surface area contributed by atoms with Gasteiger partial charge in [-0.3, -0.25) is 4.79 Å². The summed E-state index contributed by atoms with van der Waals surface area (Å²) in [4.78, 5) is 11.6. The number of ether oxygens (including phenoxy) is 1. The summed E-state index contributed by atoms with van der Waals surface area (Å²) in [5.41, 5.74) is 0.275. The molecule has 0 saturated carbocycles. The second-order valence-electron chi connectivity index (χ2n) is 3.60. The van der Waals surface area contributed by atoms with Gasteiger partial charge in [-0.25, -0.2) is 0 Å². The summed E-state index contributed by atoms with van der Waals surface area (Å²) in [6.45, 7) is 1.80. The fourth-order valence-corrected chi connectivity index (χ4v) is 1.32. The third kappa shape index (κ3) is 4.95. The zero-order valence-corrected chi connectivity index (χ0v) is 11.0. The average Bonchev–Trinajstić information content (AvgIpc) is 2.27. The second-order valence-corrected chi connectivity index (χ2v) is 4.25. The first-order valence-electron chi connectivity index (χ1n) is 5.04. The molecule has 0 spiro atoms. The number of carbonyl (C=O) groups excluding carboxylic acids is 1. The Balaban J connectivity index is 2.68. The van der Waals surface area contributed by atoms with E-state index in [0.717, 1.165) is 12.1 Å². The van der Waals surface area contributed by atoms with Crippen LogP contribution in [0.3, 0.4) is 0 Å². The Bertz CT molecular complexity index is 406. The Morgan fingerprint density at radius 1 is 1.39 bits per heavy atom. The van der Waals surface area contributed by atoms with Crippen molar-refractivity contribution < 1.29 is 22.7 Å². The molecular formula is C11H11BrF3NO2. The van der Waals surface area contributed by atoms with E-state index < -0.39 is 6.36 Å². The number of amides is 1. The highest BCUT2D eigenvalue weighted by atomic mass is 79.9. The monoisotopic (exact) mass is 325 g/mol. The minimum atomic E-state index is -4.73. The first kappa shape index (κ1) is 14.8. The Hall–Kier alpha value is -1.24. The molecule has 0 saturated heterocycles. The van der Waals surface area contributed by atoms with E-state index in [9.17, 15) is 18.0 Å². The zero-order chi connectivity index (χ0) is 13.8. The quantitative estimate of drug-likeness (QED) is 0.864. The molecule has 3 nitrogen and oxygen atoms in total. The van der Waals surface area contributed by atoms with E-state index in [4.69, 9.17) is 0 Å². The number of hydrogen-bond acceptors (Lipinski definition) is 2. The van der Waals surface area contributed by atoms with Crippen molar-refractivity contribution in [1.82, 2.24) is 5.32 Å². The summed E-state index contributed by atoms with van der Waals surface area (Å²) < 4.78 is 39.4. The minimum absolute atomic E-state index is 0.0661. The molecule has 1 amide bonds. The van der Waals surface area contributed by atoms with Crippen LogP contribution in [0.2, 0.25) is 0 Å². The molecule has 0 aliphatic heterocycles. The molecule has 0 radical (unpaired) electrons. The Labute approximate surface area is 110 Å². The molecule has 0 aliphatic carbocycles. The van der Waals surface area contributed by atoms with Gasteiger partial charge >= 0.3 is 6.36 Å². The highest BCUT2D eigenvalue weighted by Gasteiger charge is 2.31. The van der Waals surface area contributed by atoms with E-state index in [0.29, 0.717) is 5.33 Å². The van der Waals surface area contributed by atoms with Crippen LogP contribution in [0.1, 0.15) is 17.3 Å². The fourth-order valence-electron chi connectivity index (χ4n) is 1.15. The van der Waals surface area contributed by atoms with Gasteiger partial charge in [0, 0.05) is 16.9 Å². The van der Waals surface area contributed by atoms with E-state index in [1.54, 1.807) is 6.92 Å². The maximum Gasteiger partial charge on any atom is 0.573 e. The third-order valence-electron chi connectivity index (χ3n) is 1.96. The second kappa shape index (κ2) is 6.08. The van der Waals surface area contributed by atoms with Gasteiger partial charge in [0.2, 0.25) is 0 Å². The van der Waals surface area contributed by atoms with Gasteiger partial charge in [-0.1, -0.05) is 15.9 Å². The van der Waals surface area contributed by atoms with Crippen molar-refractivity contribution in [1.29, 1.82) is 0 Å². The molecule has 1 aromatic carbocycles. The summed E-state index contributed by atoms with van der Waals surface area (Å²) >= 11 is 3.20. The zero-order valence-electron chi connectivity index (χ0n) is 9.42.